The van der Waals surface area contributed by atoms with Crippen molar-refractivity contribution in [3.8, 4) is 11.5 Å². The minimum atomic E-state index is -0.318. The average molecular weight is 493 g/mol. The van der Waals surface area contributed by atoms with Crippen molar-refractivity contribution in [3.63, 3.8) is 0 Å². The second-order valence-electron chi connectivity index (χ2n) is 9.21. The number of aromatic nitrogens is 2. The molecule has 0 bridgehead atoms. The molecule has 2 amide bonds. The fourth-order valence-corrected chi connectivity index (χ4v) is 5.08. The van der Waals surface area contributed by atoms with Gasteiger partial charge in [-0.3, -0.25) is 9.59 Å². The Morgan fingerprint density at radius 3 is 2.51 bits per heavy atom. The summed E-state index contributed by atoms with van der Waals surface area (Å²) in [4.78, 5) is 32.4. The smallest absolute Gasteiger partial charge is 0.278 e. The van der Waals surface area contributed by atoms with Gasteiger partial charge in [0.15, 0.2) is 0 Å². The van der Waals surface area contributed by atoms with Gasteiger partial charge in [-0.1, -0.05) is 31.2 Å². The molecule has 0 saturated carbocycles. The zero-order valence-electron chi connectivity index (χ0n) is 20.0. The lowest BCUT2D eigenvalue weighted by molar-refractivity contribution is 0.0982. The van der Waals surface area contributed by atoms with Crippen molar-refractivity contribution in [2.75, 3.05) is 16.8 Å². The van der Waals surface area contributed by atoms with E-state index in [0.29, 0.717) is 29.1 Å². The van der Waals surface area contributed by atoms with Gasteiger partial charge >= 0.3 is 0 Å². The molecule has 1 atom stereocenters. The zero-order valence-corrected chi connectivity index (χ0v) is 20.0. The minimum Gasteiger partial charge on any atom is -0.508 e. The van der Waals surface area contributed by atoms with Crippen molar-refractivity contribution in [3.05, 3.63) is 95.9 Å². The van der Waals surface area contributed by atoms with Crippen LogP contribution >= 0.6 is 0 Å². The van der Waals surface area contributed by atoms with Crippen LogP contribution in [0.5, 0.6) is 11.5 Å². The van der Waals surface area contributed by atoms with Crippen LogP contribution in [-0.4, -0.2) is 38.0 Å². The van der Waals surface area contributed by atoms with Gasteiger partial charge in [0.2, 0.25) is 0 Å². The molecule has 3 heterocycles. The highest BCUT2D eigenvalue weighted by Crippen LogP contribution is 2.46. The Bertz CT molecular complexity index is 1690. The minimum absolute atomic E-state index is 0.0860. The zero-order chi connectivity index (χ0) is 25.7. The third-order valence-corrected chi connectivity index (χ3v) is 6.94. The van der Waals surface area contributed by atoms with Gasteiger partial charge in [0.1, 0.15) is 22.8 Å². The molecule has 0 radical (unpaired) electrons. The molecule has 6 rings (SSSR count). The van der Waals surface area contributed by atoms with Crippen LogP contribution in [0, 0.1) is 0 Å². The Morgan fingerprint density at radius 2 is 1.76 bits per heavy atom. The first-order valence-corrected chi connectivity index (χ1v) is 12.1. The number of aromatic hydroxyl groups is 2. The van der Waals surface area contributed by atoms with Crippen molar-refractivity contribution in [2.45, 2.75) is 19.3 Å². The van der Waals surface area contributed by atoms with Crippen molar-refractivity contribution in [2.24, 2.45) is 0 Å². The number of carbonyl (C=O) groups is 2. The summed E-state index contributed by atoms with van der Waals surface area (Å²) >= 11 is 0. The van der Waals surface area contributed by atoms with E-state index in [2.05, 4.69) is 17.2 Å². The van der Waals surface area contributed by atoms with Gasteiger partial charge < -0.3 is 24.8 Å². The van der Waals surface area contributed by atoms with Crippen molar-refractivity contribution in [1.82, 2.24) is 9.38 Å². The van der Waals surface area contributed by atoms with Gasteiger partial charge in [-0.15, -0.1) is 0 Å². The van der Waals surface area contributed by atoms with Crippen molar-refractivity contribution in [1.29, 1.82) is 0 Å². The van der Waals surface area contributed by atoms with E-state index in [-0.39, 0.29) is 34.9 Å². The molecule has 1 aliphatic heterocycles. The van der Waals surface area contributed by atoms with Crippen LogP contribution in [0.2, 0.25) is 0 Å². The van der Waals surface area contributed by atoms with Gasteiger partial charge in [-0.05, 0) is 53.8 Å². The van der Waals surface area contributed by atoms with Crippen molar-refractivity contribution >= 4 is 39.6 Å². The standard InChI is InChI=1S/C29H24N4O4/c1-2-17-14-33(24-13-25(35)21-5-3-4-6-22(21)27(17)24)29(37)23-16-32-15-19(9-12-26(32)31-23)30-28(36)18-7-10-20(34)11-8-18/h3-13,15-17,34-35H,2,14H2,1H3,(H,30,36)/t17-/m1/s1. The topological polar surface area (TPSA) is 107 Å². The number of fused-ring (bicyclic) bond motifs is 4. The Balaban J connectivity index is 1.31. The second kappa shape index (κ2) is 8.67. The third-order valence-electron chi connectivity index (χ3n) is 6.94. The Labute approximate surface area is 212 Å². The maximum Gasteiger partial charge on any atom is 0.278 e. The van der Waals surface area contributed by atoms with E-state index < -0.39 is 0 Å². The van der Waals surface area contributed by atoms with Gasteiger partial charge in [0.25, 0.3) is 11.8 Å². The molecule has 0 aliphatic carbocycles. The summed E-state index contributed by atoms with van der Waals surface area (Å²) in [6, 6.07) is 18.8. The van der Waals surface area contributed by atoms with E-state index in [1.807, 2.05) is 24.3 Å². The van der Waals surface area contributed by atoms with E-state index in [1.165, 1.54) is 24.3 Å². The number of carbonyl (C=O) groups excluding carboxylic acids is 2. The number of phenolic OH excluding ortho intramolecular Hbond substituents is 2. The molecule has 3 N–H and O–H groups in total. The molecule has 184 valence electrons. The Morgan fingerprint density at radius 1 is 1.00 bits per heavy atom. The third kappa shape index (κ3) is 3.83. The Kier molecular flexibility index (Phi) is 5.30. The van der Waals surface area contributed by atoms with Gasteiger partial charge in [-0.2, -0.15) is 0 Å². The normalized spacial score (nSPS) is 14.7. The highest BCUT2D eigenvalue weighted by atomic mass is 16.3. The summed E-state index contributed by atoms with van der Waals surface area (Å²) in [5.74, 6) is -0.175. The number of pyridine rings is 1. The van der Waals surface area contributed by atoms with E-state index in [9.17, 15) is 19.8 Å². The largest absolute Gasteiger partial charge is 0.508 e. The summed E-state index contributed by atoms with van der Waals surface area (Å²) in [7, 11) is 0. The maximum atomic E-state index is 13.6. The fourth-order valence-electron chi connectivity index (χ4n) is 5.08. The summed E-state index contributed by atoms with van der Waals surface area (Å²) in [6.45, 7) is 2.61. The van der Waals surface area contributed by atoms with Crippen LogP contribution in [0.3, 0.4) is 0 Å². The predicted molar refractivity (Wildman–Crippen MR) is 142 cm³/mol. The van der Waals surface area contributed by atoms with E-state index >= 15 is 0 Å². The molecule has 8 heteroatoms. The van der Waals surface area contributed by atoms with Crippen LogP contribution in [0.15, 0.2) is 79.1 Å². The number of hydrogen-bond donors (Lipinski definition) is 3. The number of benzene rings is 3. The van der Waals surface area contributed by atoms with E-state index in [4.69, 9.17) is 0 Å². The van der Waals surface area contributed by atoms with Crippen LogP contribution in [0.25, 0.3) is 16.4 Å². The Hall–Kier alpha value is -4.85. The molecule has 0 fully saturated rings. The second-order valence-corrected chi connectivity index (χ2v) is 9.21. The van der Waals surface area contributed by atoms with E-state index in [0.717, 1.165) is 22.8 Å². The predicted octanol–water partition coefficient (Wildman–Crippen LogP) is 5.31. The quantitative estimate of drug-likeness (QED) is 0.315. The molecular formula is C29H24N4O4. The molecule has 0 saturated heterocycles. The fraction of sp³-hybridized carbons (Fsp3) is 0.138. The van der Waals surface area contributed by atoms with Crippen LogP contribution in [0.4, 0.5) is 11.4 Å². The lowest BCUT2D eigenvalue weighted by atomic mass is 9.93. The first-order chi connectivity index (χ1) is 17.9. The average Bonchev–Trinajstić information content (AvgIpc) is 3.50. The first-order valence-electron chi connectivity index (χ1n) is 12.1. The monoisotopic (exact) mass is 492 g/mol. The van der Waals surface area contributed by atoms with E-state index in [1.54, 1.807) is 39.9 Å². The summed E-state index contributed by atoms with van der Waals surface area (Å²) in [5, 5.41) is 24.7. The number of hydrogen-bond acceptors (Lipinski definition) is 5. The molecule has 2 aromatic heterocycles. The number of nitrogens with one attached hydrogen (secondary N) is 1. The molecule has 1 aliphatic rings. The number of phenols is 2. The van der Waals surface area contributed by atoms with Gasteiger partial charge in [-0.25, -0.2) is 4.98 Å². The molecule has 0 spiro atoms. The summed E-state index contributed by atoms with van der Waals surface area (Å²) < 4.78 is 1.70. The molecule has 0 unspecified atom stereocenters. The highest BCUT2D eigenvalue weighted by Gasteiger charge is 2.35. The molecule has 37 heavy (non-hydrogen) atoms. The number of nitrogens with zero attached hydrogens (tertiary/aromatic N) is 3. The molecular weight excluding hydrogens is 468 g/mol. The van der Waals surface area contributed by atoms with Gasteiger partial charge in [0.05, 0.1) is 11.4 Å². The van der Waals surface area contributed by atoms with Crippen LogP contribution in [-0.2, 0) is 0 Å². The lowest BCUT2D eigenvalue weighted by Gasteiger charge is -2.17. The number of imidazole rings is 1. The summed E-state index contributed by atoms with van der Waals surface area (Å²) in [6.07, 6.45) is 4.21. The first kappa shape index (κ1) is 22.6. The SMILES string of the molecule is CC[C@@H]1CN(C(=O)c2cn3cc(NC(=O)c4ccc(O)cc4)ccc3n2)c2cc(O)c3ccccc3c21. The number of amides is 2. The number of rotatable bonds is 4. The molecule has 3 aromatic carbocycles. The molecule has 5 aromatic rings. The number of anilines is 2. The molecule has 8 nitrogen and oxygen atoms in total. The van der Waals surface area contributed by atoms with Crippen LogP contribution < -0.4 is 10.2 Å². The maximum absolute atomic E-state index is 13.6. The summed E-state index contributed by atoms with van der Waals surface area (Å²) in [5.41, 5.74) is 3.58. The van der Waals surface area contributed by atoms with Gasteiger partial charge in [0, 0.05) is 41.9 Å². The highest BCUT2D eigenvalue weighted by molar-refractivity contribution is 6.10. The lowest BCUT2D eigenvalue weighted by Crippen LogP contribution is -2.30. The van der Waals surface area contributed by atoms with Crippen molar-refractivity contribution < 1.29 is 19.8 Å². The van der Waals surface area contributed by atoms with Crippen LogP contribution in [0.1, 0.15) is 45.7 Å².